The Morgan fingerprint density at radius 3 is 2.59 bits per heavy atom. The molecule has 0 radical (unpaired) electrons. The molecule has 1 fully saturated rings. The Labute approximate surface area is 163 Å². The Morgan fingerprint density at radius 1 is 1.11 bits per heavy atom. The quantitative estimate of drug-likeness (QED) is 0.677. The molecule has 2 aromatic carbocycles. The summed E-state index contributed by atoms with van der Waals surface area (Å²) >= 11 is 5.88. The van der Waals surface area contributed by atoms with Gasteiger partial charge in [-0.05, 0) is 55.2 Å². The van der Waals surface area contributed by atoms with Crippen molar-refractivity contribution in [3.05, 3.63) is 58.6 Å². The third-order valence-electron chi connectivity index (χ3n) is 4.45. The second-order valence-corrected chi connectivity index (χ2v) is 6.82. The standard InChI is InChI=1S/C21H21ClO5/c1-25-20-12-15(21(24)27-18-5-3-2-4-17(18)23)8-11-19(20)26-13-14-6-9-16(22)10-7-14/h6-12,18H,2-5,13H2,1H3/t18-/m1/s1. The molecule has 0 aromatic heterocycles. The summed E-state index contributed by atoms with van der Waals surface area (Å²) < 4.78 is 16.5. The number of ketones is 1. The Hall–Kier alpha value is -2.53. The Bertz CT molecular complexity index is 816. The van der Waals surface area contributed by atoms with Crippen LogP contribution in [0.4, 0.5) is 0 Å². The Morgan fingerprint density at radius 2 is 1.89 bits per heavy atom. The third-order valence-corrected chi connectivity index (χ3v) is 4.71. The van der Waals surface area contributed by atoms with Gasteiger partial charge in [-0.25, -0.2) is 4.79 Å². The number of hydrogen-bond donors (Lipinski definition) is 0. The molecule has 0 saturated heterocycles. The van der Waals surface area contributed by atoms with Gasteiger partial charge in [0, 0.05) is 11.4 Å². The topological polar surface area (TPSA) is 61.8 Å². The maximum absolute atomic E-state index is 12.4. The lowest BCUT2D eigenvalue weighted by molar-refractivity contribution is -0.129. The number of rotatable bonds is 6. The van der Waals surface area contributed by atoms with E-state index in [-0.39, 0.29) is 5.78 Å². The van der Waals surface area contributed by atoms with Gasteiger partial charge < -0.3 is 14.2 Å². The zero-order valence-corrected chi connectivity index (χ0v) is 15.8. The van der Waals surface area contributed by atoms with Crippen molar-refractivity contribution in [2.24, 2.45) is 0 Å². The summed E-state index contributed by atoms with van der Waals surface area (Å²) in [6.07, 6.45) is 2.17. The zero-order valence-electron chi connectivity index (χ0n) is 15.1. The minimum Gasteiger partial charge on any atom is -0.493 e. The molecule has 0 spiro atoms. The predicted molar refractivity (Wildman–Crippen MR) is 101 cm³/mol. The highest BCUT2D eigenvalue weighted by atomic mass is 35.5. The average molecular weight is 389 g/mol. The molecule has 1 aliphatic carbocycles. The Balaban J connectivity index is 1.66. The molecule has 1 aliphatic rings. The highest BCUT2D eigenvalue weighted by molar-refractivity contribution is 6.30. The largest absolute Gasteiger partial charge is 0.493 e. The smallest absolute Gasteiger partial charge is 0.338 e. The van der Waals surface area contributed by atoms with E-state index in [0.717, 1.165) is 18.4 Å². The first kappa shape index (κ1) is 19.2. The second-order valence-electron chi connectivity index (χ2n) is 6.39. The van der Waals surface area contributed by atoms with E-state index in [1.807, 2.05) is 12.1 Å². The van der Waals surface area contributed by atoms with E-state index in [0.29, 0.717) is 41.5 Å². The zero-order chi connectivity index (χ0) is 19.2. The molecule has 1 saturated carbocycles. The predicted octanol–water partition coefficient (Wildman–Crippen LogP) is 4.60. The van der Waals surface area contributed by atoms with Gasteiger partial charge in [0.25, 0.3) is 0 Å². The lowest BCUT2D eigenvalue weighted by Crippen LogP contribution is -2.30. The van der Waals surface area contributed by atoms with Crippen molar-refractivity contribution in [2.75, 3.05) is 7.11 Å². The van der Waals surface area contributed by atoms with Gasteiger partial charge in [-0.1, -0.05) is 23.7 Å². The van der Waals surface area contributed by atoms with Crippen molar-refractivity contribution >= 4 is 23.4 Å². The van der Waals surface area contributed by atoms with E-state index in [2.05, 4.69) is 0 Å². The monoisotopic (exact) mass is 388 g/mol. The van der Waals surface area contributed by atoms with E-state index in [1.54, 1.807) is 30.3 Å². The molecule has 5 nitrogen and oxygen atoms in total. The molecule has 1 atom stereocenters. The van der Waals surface area contributed by atoms with E-state index < -0.39 is 12.1 Å². The lowest BCUT2D eigenvalue weighted by atomic mass is 9.96. The van der Waals surface area contributed by atoms with Crippen LogP contribution < -0.4 is 9.47 Å². The van der Waals surface area contributed by atoms with Crippen molar-refractivity contribution in [1.29, 1.82) is 0 Å². The SMILES string of the molecule is COc1cc(C(=O)O[C@@H]2CCCCC2=O)ccc1OCc1ccc(Cl)cc1. The number of Topliss-reactive ketones (excluding diaryl/α,β-unsaturated/α-hetero) is 1. The molecular weight excluding hydrogens is 368 g/mol. The van der Waals surface area contributed by atoms with Crippen molar-refractivity contribution in [3.63, 3.8) is 0 Å². The summed E-state index contributed by atoms with van der Waals surface area (Å²) in [5, 5.41) is 0.663. The number of esters is 1. The Kier molecular flexibility index (Phi) is 6.35. The van der Waals surface area contributed by atoms with Crippen molar-refractivity contribution in [2.45, 2.75) is 38.4 Å². The van der Waals surface area contributed by atoms with E-state index in [4.69, 9.17) is 25.8 Å². The summed E-state index contributed by atoms with van der Waals surface area (Å²) in [5.74, 6) is 0.397. The van der Waals surface area contributed by atoms with Crippen LogP contribution in [-0.4, -0.2) is 25.0 Å². The van der Waals surface area contributed by atoms with Gasteiger partial charge in [-0.2, -0.15) is 0 Å². The number of carbonyl (C=O) groups is 2. The summed E-state index contributed by atoms with van der Waals surface area (Å²) in [4.78, 5) is 24.2. The summed E-state index contributed by atoms with van der Waals surface area (Å²) in [6.45, 7) is 0.341. The molecule has 3 rings (SSSR count). The third kappa shape index (κ3) is 5.01. The number of ether oxygens (including phenoxy) is 3. The number of halogens is 1. The molecule has 142 valence electrons. The van der Waals surface area contributed by atoms with Crippen molar-refractivity contribution in [3.8, 4) is 11.5 Å². The molecule has 0 amide bonds. The molecule has 6 heteroatoms. The molecule has 0 N–H and O–H groups in total. The van der Waals surface area contributed by atoms with E-state index in [1.165, 1.54) is 7.11 Å². The first-order valence-corrected chi connectivity index (χ1v) is 9.23. The maximum atomic E-state index is 12.4. The fourth-order valence-corrected chi connectivity index (χ4v) is 3.05. The van der Waals surface area contributed by atoms with E-state index in [9.17, 15) is 9.59 Å². The van der Waals surface area contributed by atoms with Gasteiger partial charge in [0.2, 0.25) is 0 Å². The van der Waals surface area contributed by atoms with Crippen LogP contribution in [0.25, 0.3) is 0 Å². The molecular formula is C21H21ClO5. The first-order chi connectivity index (χ1) is 13.1. The molecule has 0 heterocycles. The molecule has 0 bridgehead atoms. The average Bonchev–Trinajstić information content (AvgIpc) is 2.69. The molecule has 27 heavy (non-hydrogen) atoms. The van der Waals surface area contributed by atoms with Crippen LogP contribution in [0.5, 0.6) is 11.5 Å². The van der Waals surface area contributed by atoms with Gasteiger partial charge >= 0.3 is 5.97 Å². The van der Waals surface area contributed by atoms with E-state index >= 15 is 0 Å². The van der Waals surface area contributed by atoms with Gasteiger partial charge in [0.1, 0.15) is 6.61 Å². The van der Waals surface area contributed by atoms with Crippen LogP contribution in [0.1, 0.15) is 41.6 Å². The van der Waals surface area contributed by atoms with Crippen molar-refractivity contribution in [1.82, 2.24) is 0 Å². The number of benzene rings is 2. The first-order valence-electron chi connectivity index (χ1n) is 8.86. The fraction of sp³-hybridized carbons (Fsp3) is 0.333. The lowest BCUT2D eigenvalue weighted by Gasteiger charge is -2.21. The molecule has 0 aliphatic heterocycles. The van der Waals surface area contributed by atoms with Gasteiger partial charge in [-0.15, -0.1) is 0 Å². The van der Waals surface area contributed by atoms with Crippen LogP contribution in [-0.2, 0) is 16.1 Å². The normalized spacial score (nSPS) is 16.7. The van der Waals surface area contributed by atoms with Crippen molar-refractivity contribution < 1.29 is 23.8 Å². The highest BCUT2D eigenvalue weighted by Gasteiger charge is 2.26. The summed E-state index contributed by atoms with van der Waals surface area (Å²) in [7, 11) is 1.50. The number of carbonyl (C=O) groups excluding carboxylic acids is 2. The number of methoxy groups -OCH3 is 1. The number of hydrogen-bond acceptors (Lipinski definition) is 5. The van der Waals surface area contributed by atoms with Gasteiger partial charge in [0.05, 0.1) is 12.7 Å². The molecule has 0 unspecified atom stereocenters. The van der Waals surface area contributed by atoms with Crippen LogP contribution in [0.2, 0.25) is 5.02 Å². The summed E-state index contributed by atoms with van der Waals surface area (Å²) in [6, 6.07) is 12.2. The minimum atomic E-state index is -0.641. The van der Waals surface area contributed by atoms with Crippen LogP contribution in [0, 0.1) is 0 Å². The van der Waals surface area contributed by atoms with Gasteiger partial charge in [-0.3, -0.25) is 4.79 Å². The maximum Gasteiger partial charge on any atom is 0.338 e. The minimum absolute atomic E-state index is 0.00974. The van der Waals surface area contributed by atoms with Crippen LogP contribution >= 0.6 is 11.6 Å². The van der Waals surface area contributed by atoms with Crippen LogP contribution in [0.15, 0.2) is 42.5 Å². The van der Waals surface area contributed by atoms with Crippen LogP contribution in [0.3, 0.4) is 0 Å². The second kappa shape index (κ2) is 8.91. The summed E-state index contributed by atoms with van der Waals surface area (Å²) in [5.41, 5.74) is 1.28. The van der Waals surface area contributed by atoms with Gasteiger partial charge in [0.15, 0.2) is 23.4 Å². The highest BCUT2D eigenvalue weighted by Crippen LogP contribution is 2.30. The fourth-order valence-electron chi connectivity index (χ4n) is 2.93. The molecule has 2 aromatic rings.